The standard InChI is InChI=1S/C29H23N5O5S/c35-27(31-22-8-12-24(13-9-22)34(38)39)19-40-25-14-10-23(11-15-25)32-29(37)26(17-20-5-4-16-30-18-20)33-28(36)21-6-2-1-3-7-21/h1-18H,19H2,(H,31,35)(H,32,37)(H,33,36)/b26-17-. The molecule has 1 heterocycles. The largest absolute Gasteiger partial charge is 0.325 e. The van der Waals surface area contributed by atoms with E-state index in [1.807, 2.05) is 0 Å². The number of anilines is 2. The molecule has 0 aliphatic heterocycles. The van der Waals surface area contributed by atoms with Crippen molar-refractivity contribution in [1.82, 2.24) is 10.3 Å². The quantitative estimate of drug-likeness (QED) is 0.107. The summed E-state index contributed by atoms with van der Waals surface area (Å²) in [6.45, 7) is 0. The Kier molecular flexibility index (Phi) is 9.35. The average molecular weight is 554 g/mol. The van der Waals surface area contributed by atoms with E-state index in [0.29, 0.717) is 22.5 Å². The van der Waals surface area contributed by atoms with E-state index in [9.17, 15) is 24.5 Å². The number of nitro groups is 1. The van der Waals surface area contributed by atoms with Crippen molar-refractivity contribution in [1.29, 1.82) is 0 Å². The van der Waals surface area contributed by atoms with Crippen LogP contribution in [0.4, 0.5) is 17.1 Å². The van der Waals surface area contributed by atoms with E-state index in [1.165, 1.54) is 42.1 Å². The Morgan fingerprint density at radius 1 is 0.850 bits per heavy atom. The van der Waals surface area contributed by atoms with Crippen molar-refractivity contribution in [2.24, 2.45) is 0 Å². The molecular weight excluding hydrogens is 530 g/mol. The van der Waals surface area contributed by atoms with Gasteiger partial charge in [0.1, 0.15) is 5.70 Å². The Morgan fingerprint density at radius 3 is 2.17 bits per heavy atom. The maximum Gasteiger partial charge on any atom is 0.272 e. The van der Waals surface area contributed by atoms with Gasteiger partial charge in [-0.3, -0.25) is 29.5 Å². The lowest BCUT2D eigenvalue weighted by molar-refractivity contribution is -0.384. The molecule has 4 aromatic rings. The maximum atomic E-state index is 13.1. The number of nitrogens with zero attached hydrogens (tertiary/aromatic N) is 2. The normalized spacial score (nSPS) is 10.8. The smallest absolute Gasteiger partial charge is 0.272 e. The zero-order chi connectivity index (χ0) is 28.3. The fraction of sp³-hybridized carbons (Fsp3) is 0.0345. The number of rotatable bonds is 10. The number of thioether (sulfide) groups is 1. The van der Waals surface area contributed by atoms with Crippen LogP contribution in [0.5, 0.6) is 0 Å². The first kappa shape index (κ1) is 27.7. The van der Waals surface area contributed by atoms with Gasteiger partial charge in [-0.1, -0.05) is 24.3 Å². The van der Waals surface area contributed by atoms with Crippen LogP contribution in [0.15, 0.2) is 114 Å². The number of amides is 3. The van der Waals surface area contributed by atoms with Crippen molar-refractivity contribution < 1.29 is 19.3 Å². The lowest BCUT2D eigenvalue weighted by atomic mass is 10.2. The Balaban J connectivity index is 1.36. The van der Waals surface area contributed by atoms with Gasteiger partial charge in [-0.2, -0.15) is 0 Å². The third-order valence-electron chi connectivity index (χ3n) is 5.37. The van der Waals surface area contributed by atoms with E-state index in [1.54, 1.807) is 79.1 Å². The minimum Gasteiger partial charge on any atom is -0.325 e. The highest BCUT2D eigenvalue weighted by Crippen LogP contribution is 2.22. The first-order chi connectivity index (χ1) is 19.4. The van der Waals surface area contributed by atoms with Crippen LogP contribution in [0.25, 0.3) is 6.08 Å². The van der Waals surface area contributed by atoms with Crippen molar-refractivity contribution >= 4 is 52.6 Å². The van der Waals surface area contributed by atoms with Crippen LogP contribution in [0.1, 0.15) is 15.9 Å². The predicted molar refractivity (Wildman–Crippen MR) is 154 cm³/mol. The molecule has 0 radical (unpaired) electrons. The molecule has 4 rings (SSSR count). The Hall–Kier alpha value is -5.29. The third-order valence-corrected chi connectivity index (χ3v) is 6.38. The molecule has 10 nitrogen and oxygen atoms in total. The van der Waals surface area contributed by atoms with Gasteiger partial charge in [0, 0.05) is 46.4 Å². The van der Waals surface area contributed by atoms with Crippen molar-refractivity contribution in [2.75, 3.05) is 16.4 Å². The lowest BCUT2D eigenvalue weighted by Crippen LogP contribution is -2.30. The number of aromatic nitrogens is 1. The molecule has 0 atom stereocenters. The van der Waals surface area contributed by atoms with Gasteiger partial charge >= 0.3 is 0 Å². The molecule has 0 saturated carbocycles. The zero-order valence-electron chi connectivity index (χ0n) is 20.9. The number of carbonyl (C=O) groups excluding carboxylic acids is 3. The van der Waals surface area contributed by atoms with Gasteiger partial charge < -0.3 is 16.0 Å². The second-order valence-corrected chi connectivity index (χ2v) is 9.33. The molecular formula is C29H23N5O5S. The summed E-state index contributed by atoms with van der Waals surface area (Å²) in [5, 5.41) is 18.9. The van der Waals surface area contributed by atoms with Crippen LogP contribution < -0.4 is 16.0 Å². The van der Waals surface area contributed by atoms with E-state index in [2.05, 4.69) is 20.9 Å². The molecule has 1 aromatic heterocycles. The molecule has 3 aromatic carbocycles. The monoisotopic (exact) mass is 553 g/mol. The number of nitrogens with one attached hydrogen (secondary N) is 3. The van der Waals surface area contributed by atoms with Gasteiger partial charge in [-0.25, -0.2) is 0 Å². The maximum absolute atomic E-state index is 13.1. The lowest BCUT2D eigenvalue weighted by Gasteiger charge is -2.12. The van der Waals surface area contributed by atoms with Crippen molar-refractivity contribution in [2.45, 2.75) is 4.90 Å². The van der Waals surface area contributed by atoms with Crippen molar-refractivity contribution in [3.05, 3.63) is 130 Å². The predicted octanol–water partition coefficient (Wildman–Crippen LogP) is 5.13. The summed E-state index contributed by atoms with van der Waals surface area (Å²) in [6, 6.07) is 24.5. The second-order valence-electron chi connectivity index (χ2n) is 8.28. The molecule has 3 amide bonds. The minimum atomic E-state index is -0.518. The summed E-state index contributed by atoms with van der Waals surface area (Å²) in [6.07, 6.45) is 4.72. The van der Waals surface area contributed by atoms with Crippen LogP contribution in [-0.2, 0) is 9.59 Å². The number of hydrogen-bond donors (Lipinski definition) is 3. The Morgan fingerprint density at radius 2 is 1.52 bits per heavy atom. The molecule has 0 saturated heterocycles. The van der Waals surface area contributed by atoms with Gasteiger partial charge in [-0.15, -0.1) is 11.8 Å². The van der Waals surface area contributed by atoms with Crippen LogP contribution in [-0.4, -0.2) is 33.4 Å². The summed E-state index contributed by atoms with van der Waals surface area (Å²) in [5.41, 5.74) is 1.99. The molecule has 0 spiro atoms. The summed E-state index contributed by atoms with van der Waals surface area (Å²) in [4.78, 5) is 53.2. The third kappa shape index (κ3) is 8.10. The number of carbonyl (C=O) groups is 3. The molecule has 40 heavy (non-hydrogen) atoms. The number of nitro benzene ring substituents is 1. The summed E-state index contributed by atoms with van der Waals surface area (Å²) in [7, 11) is 0. The van der Waals surface area contributed by atoms with Gasteiger partial charge in [0.05, 0.1) is 10.7 Å². The highest BCUT2D eigenvalue weighted by molar-refractivity contribution is 8.00. The zero-order valence-corrected chi connectivity index (χ0v) is 21.8. The highest BCUT2D eigenvalue weighted by Gasteiger charge is 2.15. The highest BCUT2D eigenvalue weighted by atomic mass is 32.2. The number of non-ortho nitro benzene ring substituents is 1. The molecule has 11 heteroatoms. The van der Waals surface area contributed by atoms with E-state index in [4.69, 9.17) is 0 Å². The molecule has 0 aliphatic carbocycles. The van der Waals surface area contributed by atoms with Crippen LogP contribution in [0.2, 0.25) is 0 Å². The van der Waals surface area contributed by atoms with Crippen LogP contribution >= 0.6 is 11.8 Å². The van der Waals surface area contributed by atoms with Gasteiger partial charge in [-0.05, 0) is 66.2 Å². The van der Waals surface area contributed by atoms with Crippen LogP contribution in [0, 0.1) is 10.1 Å². The molecule has 0 bridgehead atoms. The summed E-state index contributed by atoms with van der Waals surface area (Å²) >= 11 is 1.29. The van der Waals surface area contributed by atoms with Gasteiger partial charge in [0.2, 0.25) is 5.91 Å². The Labute approximate surface area is 233 Å². The Bertz CT molecular complexity index is 1530. The first-order valence-corrected chi connectivity index (χ1v) is 12.9. The second kappa shape index (κ2) is 13.5. The van der Waals surface area contributed by atoms with E-state index < -0.39 is 16.7 Å². The molecule has 0 unspecified atom stereocenters. The summed E-state index contributed by atoms with van der Waals surface area (Å²) in [5.74, 6) is -1.09. The number of pyridine rings is 1. The van der Waals surface area contributed by atoms with Gasteiger partial charge in [0.25, 0.3) is 17.5 Å². The van der Waals surface area contributed by atoms with E-state index in [0.717, 1.165) is 4.90 Å². The minimum absolute atomic E-state index is 0.0446. The molecule has 200 valence electrons. The van der Waals surface area contributed by atoms with E-state index >= 15 is 0 Å². The summed E-state index contributed by atoms with van der Waals surface area (Å²) < 4.78 is 0. The van der Waals surface area contributed by atoms with E-state index in [-0.39, 0.29) is 23.0 Å². The SMILES string of the molecule is O=C(CSc1ccc(NC(=O)/C(=C/c2cccnc2)NC(=O)c2ccccc2)cc1)Nc1ccc([N+](=O)[O-])cc1. The van der Waals surface area contributed by atoms with Crippen molar-refractivity contribution in [3.8, 4) is 0 Å². The fourth-order valence-corrected chi connectivity index (χ4v) is 4.11. The van der Waals surface area contributed by atoms with Gasteiger partial charge in [0.15, 0.2) is 0 Å². The van der Waals surface area contributed by atoms with Crippen molar-refractivity contribution in [3.63, 3.8) is 0 Å². The van der Waals surface area contributed by atoms with Crippen LogP contribution in [0.3, 0.4) is 0 Å². The average Bonchev–Trinajstić information content (AvgIpc) is 2.97. The number of benzene rings is 3. The molecule has 3 N–H and O–H groups in total. The molecule has 0 fully saturated rings. The molecule has 0 aliphatic rings. The number of hydrogen-bond acceptors (Lipinski definition) is 7. The topological polar surface area (TPSA) is 143 Å². The first-order valence-electron chi connectivity index (χ1n) is 11.9. The fourth-order valence-electron chi connectivity index (χ4n) is 3.42.